The van der Waals surface area contributed by atoms with Crippen molar-refractivity contribution in [2.75, 3.05) is 29.7 Å². The predicted molar refractivity (Wildman–Crippen MR) is 312 cm³/mol. The van der Waals surface area contributed by atoms with Crippen LogP contribution in [0.5, 0.6) is 5.75 Å². The molecule has 2 fully saturated rings. The number of rotatable bonds is 18. The van der Waals surface area contributed by atoms with Crippen molar-refractivity contribution in [1.82, 2.24) is 27.9 Å². The van der Waals surface area contributed by atoms with Crippen LogP contribution in [-0.4, -0.2) is 98.6 Å². The topological polar surface area (TPSA) is 276 Å². The van der Waals surface area contributed by atoms with Gasteiger partial charge in [0.25, 0.3) is 32.0 Å². The number of fused-ring (bicyclic) bond motifs is 2. The molecule has 0 atom stereocenters. The first-order valence-corrected chi connectivity index (χ1v) is 29.6. The third-order valence-electron chi connectivity index (χ3n) is 12.9. The first kappa shape index (κ1) is 66.9. The minimum Gasteiger partial charge on any atom is -0.494 e. The summed E-state index contributed by atoms with van der Waals surface area (Å²) in [5, 5.41) is 26.4. The van der Waals surface area contributed by atoms with Gasteiger partial charge in [-0.25, -0.2) is 29.8 Å². The fourth-order valence-electron chi connectivity index (χ4n) is 8.93. The number of halogens is 1. The molecule has 0 spiro atoms. The van der Waals surface area contributed by atoms with Gasteiger partial charge in [-0.2, -0.15) is 15.0 Å². The Morgan fingerprint density at radius 1 is 0.617 bits per heavy atom. The van der Waals surface area contributed by atoms with E-state index in [9.17, 15) is 21.6 Å². The van der Waals surface area contributed by atoms with Gasteiger partial charge in [0.2, 0.25) is 11.2 Å². The summed E-state index contributed by atoms with van der Waals surface area (Å²) in [6.45, 7) is 6.59. The van der Waals surface area contributed by atoms with Crippen molar-refractivity contribution < 1.29 is 71.3 Å². The molecule has 20 nitrogen and oxygen atoms in total. The maximum atomic E-state index is 13.7. The summed E-state index contributed by atoms with van der Waals surface area (Å²) in [5.74, 6) is 0.427. The van der Waals surface area contributed by atoms with E-state index in [2.05, 4.69) is 35.6 Å². The Morgan fingerprint density at radius 2 is 1.05 bits per heavy atom. The van der Waals surface area contributed by atoms with Gasteiger partial charge in [-0.15, -0.1) is 0 Å². The zero-order valence-corrected chi connectivity index (χ0v) is 49.4. The summed E-state index contributed by atoms with van der Waals surface area (Å²) in [6.07, 6.45) is 18.6. The van der Waals surface area contributed by atoms with E-state index in [1.54, 1.807) is 66.9 Å². The van der Waals surface area contributed by atoms with Crippen LogP contribution in [0.1, 0.15) is 129 Å². The molecular formula is C57H74ClN9O11PdS2. The molecule has 9 rings (SSSR count). The van der Waals surface area contributed by atoms with Crippen molar-refractivity contribution in [3.8, 4) is 5.75 Å². The first-order valence-electron chi connectivity index (χ1n) is 26.3. The van der Waals surface area contributed by atoms with E-state index in [-0.39, 0.29) is 60.6 Å². The van der Waals surface area contributed by atoms with Gasteiger partial charge in [-0.05, 0) is 125 Å². The van der Waals surface area contributed by atoms with Gasteiger partial charge < -0.3 is 35.6 Å². The van der Waals surface area contributed by atoms with E-state index in [0.29, 0.717) is 53.1 Å². The Morgan fingerprint density at radius 3 is 1.51 bits per heavy atom. The number of ether oxygens (including phenoxy) is 2. The Balaban J connectivity index is 0.000000324. The van der Waals surface area contributed by atoms with E-state index < -0.39 is 32.0 Å². The monoisotopic (exact) mass is 1270 g/mol. The average Bonchev–Trinajstić information content (AvgIpc) is 4.31. The fourth-order valence-corrected chi connectivity index (χ4v) is 11.7. The predicted octanol–water partition coefficient (Wildman–Crippen LogP) is 12.2. The standard InChI is InChI=1S/C33H41N5O5S.C19H21ClN4O2S.2C2H4O2.CH4.Pd/c1-24-13-19-28(20-14-24)44(40,41)38-22-21-29-31(34-25-10-6-5-7-11-25)36-33(37-32(29)38)35-26-15-17-27(18-16-26)43-23-9-4-3-8-12-30(39)42-2;1-13-7-9-15(10-8-13)27(25,26)24-12-11-16-17(22-19(20)23-18(16)24)21-14-5-3-2-4-6-14;2*1-2(3)4;;/h13-22,25H,3-12,23H2,1-2H3,(H2,34,35,36,37);7-12,14H,2-6H2,1H3,(H,21,22,23);2*1H3,(H,3,4);1H4;. The van der Waals surface area contributed by atoms with Crippen LogP contribution >= 0.6 is 11.6 Å². The molecule has 3 aromatic carbocycles. The smallest absolute Gasteiger partial charge is 0.305 e. The molecule has 2 aliphatic carbocycles. The van der Waals surface area contributed by atoms with Crippen LogP contribution in [0, 0.1) is 13.8 Å². The van der Waals surface area contributed by atoms with Crippen LogP contribution in [-0.2, 0) is 59.6 Å². The van der Waals surface area contributed by atoms with Crippen LogP contribution in [0.3, 0.4) is 0 Å². The molecule has 0 radical (unpaired) electrons. The van der Waals surface area contributed by atoms with Gasteiger partial charge in [-0.1, -0.05) is 94.2 Å². The number of aliphatic carboxylic acids is 2. The number of carbonyl (C=O) groups excluding carboxylic acids is 1. The zero-order valence-electron chi connectivity index (χ0n) is 45.5. The van der Waals surface area contributed by atoms with Gasteiger partial charge in [0.15, 0.2) is 11.3 Å². The molecule has 0 aliphatic heterocycles. The van der Waals surface area contributed by atoms with E-state index in [1.165, 1.54) is 46.9 Å². The van der Waals surface area contributed by atoms with Gasteiger partial charge in [-0.3, -0.25) is 14.4 Å². The number of carboxylic acid groups (broad SMARTS) is 2. The van der Waals surface area contributed by atoms with Crippen LogP contribution in [0.15, 0.2) is 107 Å². The summed E-state index contributed by atoms with van der Waals surface area (Å²) < 4.78 is 66.4. The maximum absolute atomic E-state index is 13.7. The van der Waals surface area contributed by atoms with Crippen molar-refractivity contribution in [3.63, 3.8) is 0 Å². The second-order valence-electron chi connectivity index (χ2n) is 19.3. The second kappa shape index (κ2) is 32.1. The van der Waals surface area contributed by atoms with Crippen LogP contribution in [0.25, 0.3) is 22.1 Å². The largest absolute Gasteiger partial charge is 0.494 e. The molecule has 4 heterocycles. The molecule has 5 N–H and O–H groups in total. The van der Waals surface area contributed by atoms with Crippen LogP contribution < -0.4 is 20.7 Å². The zero-order chi connectivity index (χ0) is 57.1. The average molecular weight is 1270 g/mol. The van der Waals surface area contributed by atoms with E-state index in [1.807, 2.05) is 38.1 Å². The summed E-state index contributed by atoms with van der Waals surface area (Å²) in [4.78, 5) is 47.6. The quantitative estimate of drug-likeness (QED) is 0.0231. The molecule has 2 aliphatic rings. The Hall–Kier alpha value is -6.64. The van der Waals surface area contributed by atoms with E-state index in [4.69, 9.17) is 41.1 Å². The third kappa shape index (κ3) is 19.8. The molecule has 4 aromatic heterocycles. The van der Waals surface area contributed by atoms with Crippen LogP contribution in [0.2, 0.25) is 5.28 Å². The Bertz CT molecular complexity index is 3350. The maximum Gasteiger partial charge on any atom is 0.305 e. The number of aryl methyl sites for hydroxylation is 2. The molecule has 442 valence electrons. The number of methoxy groups -OCH3 is 1. The fraction of sp³-hybridized carbons (Fsp3) is 0.421. The number of nitrogens with zero attached hydrogens (tertiary/aromatic N) is 6. The summed E-state index contributed by atoms with van der Waals surface area (Å²) >= 11 is 6.12. The minimum absolute atomic E-state index is 0. The number of anilines is 4. The van der Waals surface area contributed by atoms with Crippen molar-refractivity contribution >= 4 is 94.9 Å². The molecule has 0 unspecified atom stereocenters. The number of benzene rings is 3. The third-order valence-corrected chi connectivity index (χ3v) is 16.5. The second-order valence-corrected chi connectivity index (χ2v) is 23.3. The molecule has 0 saturated heterocycles. The van der Waals surface area contributed by atoms with Crippen molar-refractivity contribution in [2.45, 2.75) is 153 Å². The molecule has 0 bridgehead atoms. The summed E-state index contributed by atoms with van der Waals surface area (Å²) in [7, 11) is -6.23. The van der Waals surface area contributed by atoms with E-state index >= 15 is 0 Å². The van der Waals surface area contributed by atoms with E-state index in [0.717, 1.165) is 101 Å². The number of hydrogen-bond donors (Lipinski definition) is 5. The van der Waals surface area contributed by atoms with Crippen molar-refractivity contribution in [3.05, 3.63) is 114 Å². The summed E-state index contributed by atoms with van der Waals surface area (Å²) in [6, 6.07) is 25.2. The number of nitrogens with one attached hydrogen (secondary N) is 3. The Kier molecular flexibility index (Phi) is 26.5. The molecule has 81 heavy (non-hydrogen) atoms. The van der Waals surface area contributed by atoms with Gasteiger partial charge in [0.05, 0.1) is 34.3 Å². The van der Waals surface area contributed by atoms with Gasteiger partial charge in [0, 0.05) is 70.9 Å². The molecule has 2 saturated carbocycles. The molecule has 0 amide bonds. The first-order chi connectivity index (χ1) is 37.7. The number of hydrogen-bond acceptors (Lipinski definition) is 16. The molecule has 7 aromatic rings. The number of aromatic nitrogens is 6. The van der Waals surface area contributed by atoms with Crippen LogP contribution in [0.4, 0.5) is 23.3 Å². The Labute approximate surface area is 493 Å². The number of esters is 1. The number of carbonyl (C=O) groups is 3. The molecular weight excluding hydrogens is 1190 g/mol. The van der Waals surface area contributed by atoms with Gasteiger partial charge >= 0.3 is 5.97 Å². The normalized spacial score (nSPS) is 13.5. The minimum atomic E-state index is -3.87. The van der Waals surface area contributed by atoms with Crippen molar-refractivity contribution in [1.29, 1.82) is 0 Å². The van der Waals surface area contributed by atoms with Crippen molar-refractivity contribution in [2.24, 2.45) is 0 Å². The SMILES string of the molecule is C.CC(=O)O.CC(=O)O.COC(=O)CCCCCCOc1ccc(Nc2nc(NC3CCCCC3)c3ccn(S(=O)(=O)c4ccc(C)cc4)c3n2)cc1.Cc1ccc(S(=O)(=O)n2ccc3c(NC4CCCCC4)nc(Cl)nc32)cc1.[Pd]. The molecule has 24 heteroatoms. The number of unbranched alkanes of at least 4 members (excludes halogenated alkanes) is 3. The summed E-state index contributed by atoms with van der Waals surface area (Å²) in [5.41, 5.74) is 3.33. The number of carboxylic acids is 2. The van der Waals surface area contributed by atoms with Gasteiger partial charge in [0.1, 0.15) is 17.4 Å².